The van der Waals surface area contributed by atoms with E-state index in [1.54, 1.807) is 12.1 Å². The van der Waals surface area contributed by atoms with Crippen molar-refractivity contribution in [3.63, 3.8) is 0 Å². The average molecular weight is 402 g/mol. The van der Waals surface area contributed by atoms with E-state index >= 15 is 0 Å². The number of hydrogen-bond donors (Lipinski definition) is 1. The smallest absolute Gasteiger partial charge is 0.451 e. The molecule has 2 aromatic rings. The van der Waals surface area contributed by atoms with Crippen LogP contribution in [-0.2, 0) is 16.2 Å². The third-order valence-corrected chi connectivity index (χ3v) is 5.85. The summed E-state index contributed by atoms with van der Waals surface area (Å²) in [6, 6.07) is 7.02. The number of nitrogens with zero attached hydrogens (tertiary/aromatic N) is 3. The molecule has 0 aliphatic carbocycles. The number of aryl methyl sites for hydroxylation is 1. The normalized spacial score (nSPS) is 16.0. The van der Waals surface area contributed by atoms with E-state index in [4.69, 9.17) is 4.74 Å². The molecule has 0 amide bonds. The Hall–Kier alpha value is -2.40. The van der Waals surface area contributed by atoms with Gasteiger partial charge in [0, 0.05) is 24.8 Å². The molecule has 0 saturated carbocycles. The van der Waals surface area contributed by atoms with Crippen LogP contribution in [0.2, 0.25) is 0 Å². The number of halogens is 3. The quantitative estimate of drug-likeness (QED) is 0.826. The van der Waals surface area contributed by atoms with Gasteiger partial charge in [-0.25, -0.2) is 18.4 Å². The molecule has 3 rings (SSSR count). The van der Waals surface area contributed by atoms with Crippen molar-refractivity contribution in [3.8, 4) is 5.75 Å². The zero-order chi connectivity index (χ0) is 19.8. The van der Waals surface area contributed by atoms with Crippen LogP contribution in [0.25, 0.3) is 0 Å². The van der Waals surface area contributed by atoms with Gasteiger partial charge in [0.1, 0.15) is 11.6 Å². The molecule has 7 nitrogen and oxygen atoms in total. The number of alkyl halides is 3. The van der Waals surface area contributed by atoms with Crippen LogP contribution in [0, 0.1) is 6.92 Å². The first-order valence-electron chi connectivity index (χ1n) is 7.93. The predicted octanol–water partition coefficient (Wildman–Crippen LogP) is 2.30. The van der Waals surface area contributed by atoms with Crippen molar-refractivity contribution >= 4 is 15.8 Å². The minimum atomic E-state index is -4.65. The number of nitrogens with one attached hydrogen (secondary N) is 1. The molecule has 1 aromatic heterocycles. The van der Waals surface area contributed by atoms with Gasteiger partial charge in [0.25, 0.3) is 0 Å². The number of methoxy groups -OCH3 is 1. The third kappa shape index (κ3) is 4.14. The predicted molar refractivity (Wildman–Crippen MR) is 90.9 cm³/mol. The average Bonchev–Trinajstić information content (AvgIpc) is 2.56. The van der Waals surface area contributed by atoms with Gasteiger partial charge in [-0.3, -0.25) is 0 Å². The molecule has 0 bridgehead atoms. The fourth-order valence-electron chi connectivity index (χ4n) is 2.60. The second-order valence-corrected chi connectivity index (χ2v) is 7.99. The standard InChI is InChI=1S/C16H17F3N4O3S/c1-10-7-14(22-15(20-10)16(17,18)19)21-11-8-23(9-11)27(24,25)13-5-3-12(26-2)4-6-13/h3-7,11H,8-9H2,1-2H3,(H,20,21,22). The van der Waals surface area contributed by atoms with E-state index in [1.165, 1.54) is 36.5 Å². The third-order valence-electron chi connectivity index (χ3n) is 4.01. The highest BCUT2D eigenvalue weighted by Crippen LogP contribution is 2.28. The summed E-state index contributed by atoms with van der Waals surface area (Å²) < 4.78 is 69.7. The Morgan fingerprint density at radius 3 is 2.37 bits per heavy atom. The van der Waals surface area contributed by atoms with Crippen LogP contribution < -0.4 is 10.1 Å². The molecule has 1 aliphatic heterocycles. The lowest BCUT2D eigenvalue weighted by atomic mass is 10.2. The van der Waals surface area contributed by atoms with E-state index in [-0.39, 0.29) is 35.5 Å². The number of aromatic nitrogens is 2. The maximum atomic E-state index is 12.8. The Bertz CT molecular complexity index is 927. The first-order valence-corrected chi connectivity index (χ1v) is 9.37. The van der Waals surface area contributed by atoms with Crippen LogP contribution in [0.5, 0.6) is 5.75 Å². The maximum absolute atomic E-state index is 12.8. The van der Waals surface area contributed by atoms with Crippen molar-refractivity contribution in [1.29, 1.82) is 0 Å². The van der Waals surface area contributed by atoms with Crippen molar-refractivity contribution < 1.29 is 26.3 Å². The largest absolute Gasteiger partial charge is 0.497 e. The molecular weight excluding hydrogens is 385 g/mol. The Balaban J connectivity index is 1.66. The van der Waals surface area contributed by atoms with Crippen LogP contribution >= 0.6 is 0 Å². The van der Waals surface area contributed by atoms with Gasteiger partial charge in [0.15, 0.2) is 0 Å². The highest BCUT2D eigenvalue weighted by molar-refractivity contribution is 7.89. The molecule has 2 heterocycles. The lowest BCUT2D eigenvalue weighted by Crippen LogP contribution is -2.56. The van der Waals surface area contributed by atoms with E-state index in [9.17, 15) is 21.6 Å². The molecule has 0 atom stereocenters. The molecule has 0 unspecified atom stereocenters. The molecule has 11 heteroatoms. The molecule has 1 aliphatic rings. The summed E-state index contributed by atoms with van der Waals surface area (Å²) in [7, 11) is -2.19. The molecular formula is C16H17F3N4O3S. The van der Waals surface area contributed by atoms with Crippen molar-refractivity contribution in [2.75, 3.05) is 25.5 Å². The van der Waals surface area contributed by atoms with Gasteiger partial charge in [0.05, 0.1) is 18.0 Å². The van der Waals surface area contributed by atoms with Gasteiger partial charge in [-0.2, -0.15) is 17.5 Å². The number of anilines is 1. The molecule has 1 aromatic carbocycles. The van der Waals surface area contributed by atoms with E-state index in [0.29, 0.717) is 5.75 Å². The Morgan fingerprint density at radius 2 is 1.81 bits per heavy atom. The second-order valence-electron chi connectivity index (χ2n) is 6.05. The maximum Gasteiger partial charge on any atom is 0.451 e. The minimum Gasteiger partial charge on any atom is -0.497 e. The summed E-state index contributed by atoms with van der Waals surface area (Å²) in [5, 5.41) is 2.83. The van der Waals surface area contributed by atoms with Crippen LogP contribution in [0.3, 0.4) is 0 Å². The Kier molecular flexibility index (Phi) is 5.00. The number of benzene rings is 1. The second kappa shape index (κ2) is 6.97. The topological polar surface area (TPSA) is 84.4 Å². The van der Waals surface area contributed by atoms with Gasteiger partial charge >= 0.3 is 6.18 Å². The minimum absolute atomic E-state index is 0.0151. The van der Waals surface area contributed by atoms with Gasteiger partial charge < -0.3 is 10.1 Å². The zero-order valence-corrected chi connectivity index (χ0v) is 15.3. The Labute approximate surface area is 154 Å². The molecule has 146 valence electrons. The molecule has 27 heavy (non-hydrogen) atoms. The van der Waals surface area contributed by atoms with E-state index in [1.807, 2.05) is 0 Å². The van der Waals surface area contributed by atoms with Gasteiger partial charge in [-0.05, 0) is 31.2 Å². The molecule has 1 N–H and O–H groups in total. The number of sulfonamides is 1. The highest BCUT2D eigenvalue weighted by Gasteiger charge is 2.38. The summed E-state index contributed by atoms with van der Waals surface area (Å²) in [6.07, 6.45) is -4.65. The fraction of sp³-hybridized carbons (Fsp3) is 0.375. The van der Waals surface area contributed by atoms with Gasteiger partial charge in [-0.1, -0.05) is 0 Å². The summed E-state index contributed by atoms with van der Waals surface area (Å²) in [6.45, 7) is 1.68. The van der Waals surface area contributed by atoms with Crippen LogP contribution in [0.1, 0.15) is 11.5 Å². The molecule has 1 saturated heterocycles. The highest BCUT2D eigenvalue weighted by atomic mass is 32.2. The molecule has 0 spiro atoms. The summed E-state index contributed by atoms with van der Waals surface area (Å²) in [4.78, 5) is 6.96. The van der Waals surface area contributed by atoms with Crippen molar-refractivity contribution in [1.82, 2.24) is 14.3 Å². The lowest BCUT2D eigenvalue weighted by molar-refractivity contribution is -0.145. The fourth-order valence-corrected chi connectivity index (χ4v) is 4.13. The van der Waals surface area contributed by atoms with E-state index in [0.717, 1.165) is 0 Å². The molecule has 0 radical (unpaired) electrons. The Morgan fingerprint density at radius 1 is 1.19 bits per heavy atom. The van der Waals surface area contributed by atoms with E-state index < -0.39 is 22.0 Å². The first-order chi connectivity index (χ1) is 12.6. The molecule has 1 fully saturated rings. The summed E-state index contributed by atoms with van der Waals surface area (Å²) >= 11 is 0. The number of ether oxygens (including phenoxy) is 1. The van der Waals surface area contributed by atoms with Gasteiger partial charge in [-0.15, -0.1) is 0 Å². The van der Waals surface area contributed by atoms with Crippen LogP contribution in [0.4, 0.5) is 19.0 Å². The lowest BCUT2D eigenvalue weighted by Gasteiger charge is -2.38. The van der Waals surface area contributed by atoms with Crippen molar-refractivity contribution in [3.05, 3.63) is 41.9 Å². The zero-order valence-electron chi connectivity index (χ0n) is 14.5. The summed E-state index contributed by atoms with van der Waals surface area (Å²) in [5.41, 5.74) is 0.168. The van der Waals surface area contributed by atoms with E-state index in [2.05, 4.69) is 15.3 Å². The first kappa shape index (κ1) is 19.4. The number of rotatable bonds is 5. The SMILES string of the molecule is COc1ccc(S(=O)(=O)N2CC(Nc3cc(C)nc(C(F)(F)F)n3)C2)cc1. The monoisotopic (exact) mass is 402 g/mol. The summed E-state index contributed by atoms with van der Waals surface area (Å²) in [5.74, 6) is -0.676. The number of hydrogen-bond acceptors (Lipinski definition) is 6. The van der Waals surface area contributed by atoms with Crippen LogP contribution in [-0.4, -0.2) is 48.9 Å². The van der Waals surface area contributed by atoms with Crippen molar-refractivity contribution in [2.45, 2.75) is 24.0 Å². The van der Waals surface area contributed by atoms with Gasteiger partial charge in [0.2, 0.25) is 15.8 Å². The van der Waals surface area contributed by atoms with Crippen LogP contribution in [0.15, 0.2) is 35.2 Å². The van der Waals surface area contributed by atoms with Crippen molar-refractivity contribution in [2.24, 2.45) is 0 Å².